The molecule has 10 heteroatoms. The molecule has 1 amide bonds. The van der Waals surface area contributed by atoms with Crippen LogP contribution in [0, 0.1) is 0 Å². The molecule has 0 spiro atoms. The van der Waals surface area contributed by atoms with Gasteiger partial charge >= 0.3 is 0 Å². The maximum Gasteiger partial charge on any atom is 0.260 e. The van der Waals surface area contributed by atoms with Gasteiger partial charge in [-0.1, -0.05) is 11.6 Å². The molecule has 0 atom stereocenters. The van der Waals surface area contributed by atoms with Crippen molar-refractivity contribution in [1.29, 1.82) is 0 Å². The predicted octanol–water partition coefficient (Wildman–Crippen LogP) is 3.35. The Balaban J connectivity index is 1.46. The molecule has 31 heavy (non-hydrogen) atoms. The van der Waals surface area contributed by atoms with E-state index in [-0.39, 0.29) is 5.91 Å². The lowest BCUT2D eigenvalue weighted by atomic mass is 10.1. The van der Waals surface area contributed by atoms with E-state index in [1.54, 1.807) is 42.5 Å². The first-order chi connectivity index (χ1) is 15.0. The minimum atomic E-state index is -0.134. The number of nitrogens with zero attached hydrogens (tertiary/aromatic N) is 6. The maximum atomic E-state index is 13.0. The highest BCUT2D eigenvalue weighted by Gasteiger charge is 2.29. The number of carbonyl (C=O) groups is 1. The number of halogens is 1. The predicted molar refractivity (Wildman–Crippen MR) is 121 cm³/mol. The molecule has 2 aromatic heterocycles. The number of nitrogens with one attached hydrogen (secondary N) is 2. The van der Waals surface area contributed by atoms with Crippen LogP contribution in [0.25, 0.3) is 0 Å². The highest BCUT2D eigenvalue weighted by atomic mass is 35.5. The molecule has 0 unspecified atom stereocenters. The minimum absolute atomic E-state index is 0.134. The summed E-state index contributed by atoms with van der Waals surface area (Å²) >= 11 is 6.20. The lowest BCUT2D eigenvalue weighted by molar-refractivity contribution is 0.0994. The molecule has 1 fully saturated rings. The summed E-state index contributed by atoms with van der Waals surface area (Å²) in [6.45, 7) is 2.01. The first-order valence-corrected chi connectivity index (χ1v) is 10.6. The van der Waals surface area contributed by atoms with Crippen molar-refractivity contribution in [2.75, 3.05) is 42.3 Å². The molecule has 2 aliphatic rings. The minimum Gasteiger partial charge on any atom is -0.327 e. The summed E-state index contributed by atoms with van der Waals surface area (Å²) in [5.41, 5.74) is 2.70. The molecule has 0 radical (unpaired) electrons. The number of hydrogen-bond acceptors (Lipinski definition) is 7. The van der Waals surface area contributed by atoms with Gasteiger partial charge in [0.15, 0.2) is 5.82 Å². The summed E-state index contributed by atoms with van der Waals surface area (Å²) < 4.78 is 2.00. The van der Waals surface area contributed by atoms with Crippen LogP contribution in [-0.4, -0.2) is 52.8 Å². The normalized spacial score (nSPS) is 16.7. The molecule has 9 nitrogen and oxygen atoms in total. The van der Waals surface area contributed by atoms with E-state index in [4.69, 9.17) is 16.6 Å². The number of hydrogen-bond donors (Lipinski definition) is 2. The first kappa shape index (κ1) is 19.8. The number of fused-ring (bicyclic) bond motifs is 2. The SMILES string of the molecule is CN1C(=O)c2ccc(Cl)cc2N(C)c2nc(Nc3cnn(C4CCNCC4)c3)ncc21. The Hall–Kier alpha value is -3.17. The van der Waals surface area contributed by atoms with Crippen LogP contribution in [0.5, 0.6) is 0 Å². The third kappa shape index (κ3) is 3.60. The summed E-state index contributed by atoms with van der Waals surface area (Å²) in [5, 5.41) is 11.7. The van der Waals surface area contributed by atoms with Crippen molar-refractivity contribution in [3.8, 4) is 0 Å². The van der Waals surface area contributed by atoms with E-state index in [0.717, 1.165) is 31.6 Å². The van der Waals surface area contributed by atoms with Crippen LogP contribution in [-0.2, 0) is 0 Å². The fourth-order valence-electron chi connectivity index (χ4n) is 4.08. The molecule has 0 saturated carbocycles. The second-order valence-electron chi connectivity index (χ2n) is 7.80. The Morgan fingerprint density at radius 3 is 2.74 bits per heavy atom. The van der Waals surface area contributed by atoms with Crippen molar-refractivity contribution in [3.05, 3.63) is 47.4 Å². The van der Waals surface area contributed by atoms with Crippen LogP contribution >= 0.6 is 11.6 Å². The number of piperidine rings is 1. The lowest BCUT2D eigenvalue weighted by Gasteiger charge is -2.22. The quantitative estimate of drug-likeness (QED) is 0.647. The third-order valence-corrected chi connectivity index (χ3v) is 6.06. The zero-order chi connectivity index (χ0) is 21.5. The molecule has 0 aliphatic carbocycles. The highest BCUT2D eigenvalue weighted by Crippen LogP contribution is 2.39. The molecule has 2 N–H and O–H groups in total. The van der Waals surface area contributed by atoms with Gasteiger partial charge in [-0.15, -0.1) is 0 Å². The first-order valence-electron chi connectivity index (χ1n) is 10.2. The Morgan fingerprint density at radius 2 is 1.94 bits per heavy atom. The Labute approximate surface area is 185 Å². The molecule has 4 heterocycles. The van der Waals surface area contributed by atoms with Gasteiger partial charge in [0.05, 0.1) is 35.4 Å². The zero-order valence-electron chi connectivity index (χ0n) is 17.3. The van der Waals surface area contributed by atoms with E-state index >= 15 is 0 Å². The van der Waals surface area contributed by atoms with Gasteiger partial charge in [-0.3, -0.25) is 9.48 Å². The van der Waals surface area contributed by atoms with Crippen LogP contribution in [0.3, 0.4) is 0 Å². The van der Waals surface area contributed by atoms with Crippen LogP contribution < -0.4 is 20.4 Å². The highest BCUT2D eigenvalue weighted by molar-refractivity contribution is 6.31. The summed E-state index contributed by atoms with van der Waals surface area (Å²) in [4.78, 5) is 25.5. The van der Waals surface area contributed by atoms with Crippen molar-refractivity contribution < 1.29 is 4.79 Å². The Bertz CT molecular complexity index is 1140. The smallest absolute Gasteiger partial charge is 0.260 e. The largest absolute Gasteiger partial charge is 0.327 e. The lowest BCUT2D eigenvalue weighted by Crippen LogP contribution is -2.29. The third-order valence-electron chi connectivity index (χ3n) is 5.83. The summed E-state index contributed by atoms with van der Waals surface area (Å²) in [6.07, 6.45) is 7.54. The van der Waals surface area contributed by atoms with E-state index in [1.807, 2.05) is 22.8 Å². The van der Waals surface area contributed by atoms with E-state index < -0.39 is 0 Å². The monoisotopic (exact) mass is 438 g/mol. The molecule has 5 rings (SSSR count). The maximum absolute atomic E-state index is 13.0. The van der Waals surface area contributed by atoms with Gasteiger partial charge in [-0.25, -0.2) is 4.98 Å². The number of aromatic nitrogens is 4. The second kappa shape index (κ2) is 7.82. The average molecular weight is 439 g/mol. The standard InChI is InChI=1S/C21H23ClN8O/c1-28-17-9-13(22)3-4-16(17)20(31)29(2)18-11-24-21(27-19(18)28)26-14-10-25-30(12-14)15-5-7-23-8-6-15/h3-4,9-12,15,23H,5-8H2,1-2H3,(H,24,26,27). The number of carbonyl (C=O) groups excluding carboxylic acids is 1. The fraction of sp³-hybridized carbons (Fsp3) is 0.333. The Kier molecular flexibility index (Phi) is 4.99. The summed E-state index contributed by atoms with van der Waals surface area (Å²) in [5.74, 6) is 0.909. The number of benzene rings is 1. The molecule has 160 valence electrons. The Morgan fingerprint density at radius 1 is 1.13 bits per heavy atom. The molecular weight excluding hydrogens is 416 g/mol. The summed E-state index contributed by atoms with van der Waals surface area (Å²) in [6, 6.07) is 5.63. The fourth-order valence-corrected chi connectivity index (χ4v) is 4.25. The van der Waals surface area contributed by atoms with Gasteiger partial charge in [0.1, 0.15) is 5.69 Å². The van der Waals surface area contributed by atoms with Gasteiger partial charge in [0, 0.05) is 25.3 Å². The molecular formula is C21H23ClN8O. The molecule has 3 aromatic rings. The van der Waals surface area contributed by atoms with Crippen LogP contribution in [0.4, 0.5) is 28.8 Å². The van der Waals surface area contributed by atoms with Gasteiger partial charge in [0.2, 0.25) is 5.95 Å². The van der Waals surface area contributed by atoms with E-state index in [9.17, 15) is 4.79 Å². The molecule has 1 saturated heterocycles. The van der Waals surface area contributed by atoms with Gasteiger partial charge < -0.3 is 20.4 Å². The van der Waals surface area contributed by atoms with Crippen molar-refractivity contribution in [2.24, 2.45) is 0 Å². The van der Waals surface area contributed by atoms with Crippen LogP contribution in [0.1, 0.15) is 29.2 Å². The number of amides is 1. The van der Waals surface area contributed by atoms with Gasteiger partial charge in [0.25, 0.3) is 5.91 Å². The van der Waals surface area contributed by atoms with Gasteiger partial charge in [-0.2, -0.15) is 10.1 Å². The van der Waals surface area contributed by atoms with Crippen LogP contribution in [0.15, 0.2) is 36.8 Å². The van der Waals surface area contributed by atoms with Crippen molar-refractivity contribution >= 4 is 46.3 Å². The molecule has 0 bridgehead atoms. The van der Waals surface area contributed by atoms with Crippen molar-refractivity contribution in [3.63, 3.8) is 0 Å². The van der Waals surface area contributed by atoms with E-state index in [1.165, 1.54) is 0 Å². The number of rotatable bonds is 3. The average Bonchev–Trinajstić information content (AvgIpc) is 3.24. The van der Waals surface area contributed by atoms with Crippen LogP contribution in [0.2, 0.25) is 5.02 Å². The molecule has 2 aliphatic heterocycles. The van der Waals surface area contributed by atoms with Crippen molar-refractivity contribution in [1.82, 2.24) is 25.1 Å². The van der Waals surface area contributed by atoms with E-state index in [0.29, 0.717) is 39.8 Å². The van der Waals surface area contributed by atoms with Crippen molar-refractivity contribution in [2.45, 2.75) is 18.9 Å². The summed E-state index contributed by atoms with van der Waals surface area (Å²) in [7, 11) is 3.59. The number of anilines is 5. The molecule has 1 aromatic carbocycles. The van der Waals surface area contributed by atoms with E-state index in [2.05, 4.69) is 20.7 Å². The topological polar surface area (TPSA) is 91.2 Å². The second-order valence-corrected chi connectivity index (χ2v) is 8.24. The zero-order valence-corrected chi connectivity index (χ0v) is 18.1. The van der Waals surface area contributed by atoms with Gasteiger partial charge in [-0.05, 0) is 44.1 Å².